The van der Waals surface area contributed by atoms with Crippen LogP contribution in [0, 0.1) is 21.4 Å². The van der Waals surface area contributed by atoms with Gasteiger partial charge < -0.3 is 10.6 Å². The summed E-state index contributed by atoms with van der Waals surface area (Å²) in [6, 6.07) is 14.0. The minimum absolute atomic E-state index is 0.100. The molecule has 2 aromatic carbocycles. The Morgan fingerprint density at radius 3 is 2.54 bits per heavy atom. The third-order valence-electron chi connectivity index (χ3n) is 4.88. The second-order valence-electron chi connectivity index (χ2n) is 6.75. The van der Waals surface area contributed by atoms with Gasteiger partial charge in [0.15, 0.2) is 0 Å². The molecule has 3 rings (SSSR count). The quantitative estimate of drug-likeness (QED) is 0.629. The van der Waals surface area contributed by atoms with Crippen molar-refractivity contribution >= 4 is 17.3 Å². The molecule has 1 aliphatic heterocycles. The maximum atomic E-state index is 11.5. The lowest BCUT2D eigenvalue weighted by atomic mass is 10.1. The van der Waals surface area contributed by atoms with Crippen molar-refractivity contribution in [3.05, 3.63) is 69.3 Å². The fraction of sp³-hybridized carbons (Fsp3) is 0.300. The maximum absolute atomic E-state index is 11.5. The molecule has 1 amide bonds. The van der Waals surface area contributed by atoms with Crippen molar-refractivity contribution in [2.75, 3.05) is 31.1 Å². The number of carbonyl (C=O) groups is 1. The van der Waals surface area contributed by atoms with Gasteiger partial charge in [-0.3, -0.25) is 19.8 Å². The number of primary amides is 1. The van der Waals surface area contributed by atoms with Crippen molar-refractivity contribution in [2.45, 2.75) is 13.0 Å². The first-order chi connectivity index (χ1) is 13.5. The van der Waals surface area contributed by atoms with E-state index in [0.717, 1.165) is 31.6 Å². The fourth-order valence-corrected chi connectivity index (χ4v) is 3.40. The Bertz CT molecular complexity index is 920. The molecule has 0 aliphatic carbocycles. The molecule has 0 saturated carbocycles. The average molecular weight is 379 g/mol. The molecule has 0 aromatic heterocycles. The van der Waals surface area contributed by atoms with Crippen LogP contribution >= 0.6 is 0 Å². The molecule has 0 spiro atoms. The zero-order valence-corrected chi connectivity index (χ0v) is 15.4. The molecule has 2 aromatic rings. The number of hydrogen-bond acceptors (Lipinski definition) is 6. The van der Waals surface area contributed by atoms with Gasteiger partial charge >= 0.3 is 0 Å². The van der Waals surface area contributed by atoms with Gasteiger partial charge in [0.25, 0.3) is 5.69 Å². The minimum atomic E-state index is -0.681. The standard InChI is InChI=1S/C20H21N5O3/c21-13-15-2-4-16(5-3-15)14-23-8-1-9-24(11-10-23)18-7-6-17(20(22)26)12-19(18)25(27)28/h2-7,12H,1,8-11,14H2,(H2,22,26). The van der Waals surface area contributed by atoms with E-state index in [9.17, 15) is 14.9 Å². The minimum Gasteiger partial charge on any atom is -0.366 e. The largest absolute Gasteiger partial charge is 0.366 e. The van der Waals surface area contributed by atoms with E-state index < -0.39 is 10.8 Å². The first-order valence-corrected chi connectivity index (χ1v) is 9.02. The van der Waals surface area contributed by atoms with Crippen LogP contribution in [0.3, 0.4) is 0 Å². The number of amides is 1. The summed E-state index contributed by atoms with van der Waals surface area (Å²) in [6.07, 6.45) is 0.866. The number of nitro benzene ring substituents is 1. The highest BCUT2D eigenvalue weighted by Crippen LogP contribution is 2.30. The van der Waals surface area contributed by atoms with Crippen molar-refractivity contribution in [2.24, 2.45) is 5.73 Å². The predicted octanol–water partition coefficient (Wildman–Crippen LogP) is 2.28. The van der Waals surface area contributed by atoms with E-state index in [0.29, 0.717) is 24.3 Å². The first kappa shape index (κ1) is 19.3. The average Bonchev–Trinajstić information content (AvgIpc) is 2.93. The van der Waals surface area contributed by atoms with Crippen molar-refractivity contribution < 1.29 is 9.72 Å². The first-order valence-electron chi connectivity index (χ1n) is 9.02. The lowest BCUT2D eigenvalue weighted by molar-refractivity contribution is -0.384. The normalized spacial score (nSPS) is 14.9. The molecule has 1 saturated heterocycles. The molecule has 1 fully saturated rings. The van der Waals surface area contributed by atoms with Crippen molar-refractivity contribution in [3.63, 3.8) is 0 Å². The van der Waals surface area contributed by atoms with E-state index >= 15 is 0 Å². The van der Waals surface area contributed by atoms with Gasteiger partial charge in [-0.1, -0.05) is 12.1 Å². The number of hydrogen-bond donors (Lipinski definition) is 1. The van der Waals surface area contributed by atoms with Crippen LogP contribution in [0.15, 0.2) is 42.5 Å². The monoisotopic (exact) mass is 379 g/mol. The number of nitriles is 1. The van der Waals surface area contributed by atoms with Crippen LogP contribution in [-0.4, -0.2) is 41.9 Å². The number of rotatable bonds is 5. The van der Waals surface area contributed by atoms with Gasteiger partial charge in [0.2, 0.25) is 5.91 Å². The van der Waals surface area contributed by atoms with Crippen molar-refractivity contribution in [1.29, 1.82) is 5.26 Å². The van der Waals surface area contributed by atoms with Gasteiger partial charge in [0.05, 0.1) is 16.6 Å². The van der Waals surface area contributed by atoms with E-state index in [1.165, 1.54) is 12.1 Å². The van der Waals surface area contributed by atoms with E-state index in [4.69, 9.17) is 11.0 Å². The Morgan fingerprint density at radius 2 is 1.89 bits per heavy atom. The number of benzene rings is 2. The Hall–Kier alpha value is -3.44. The number of nitrogens with two attached hydrogens (primary N) is 1. The number of nitrogens with zero attached hydrogens (tertiary/aromatic N) is 4. The fourth-order valence-electron chi connectivity index (χ4n) is 3.40. The number of anilines is 1. The van der Waals surface area contributed by atoms with Crippen LogP contribution in [0.2, 0.25) is 0 Å². The summed E-state index contributed by atoms with van der Waals surface area (Å²) >= 11 is 0. The highest BCUT2D eigenvalue weighted by molar-refractivity contribution is 5.94. The molecular weight excluding hydrogens is 358 g/mol. The van der Waals surface area contributed by atoms with Gasteiger partial charge in [-0.25, -0.2) is 0 Å². The lowest BCUT2D eigenvalue weighted by Crippen LogP contribution is -2.31. The van der Waals surface area contributed by atoms with Gasteiger partial charge in [0, 0.05) is 44.4 Å². The highest BCUT2D eigenvalue weighted by atomic mass is 16.6. The summed E-state index contributed by atoms with van der Waals surface area (Å²) in [5.74, 6) is -0.681. The third-order valence-corrected chi connectivity index (χ3v) is 4.88. The van der Waals surface area contributed by atoms with Crippen LogP contribution < -0.4 is 10.6 Å². The van der Waals surface area contributed by atoms with Crippen LogP contribution in [0.5, 0.6) is 0 Å². The SMILES string of the molecule is N#Cc1ccc(CN2CCCN(c3ccc(C(N)=O)cc3[N+](=O)[O-])CC2)cc1. The molecule has 8 heteroatoms. The van der Waals surface area contributed by atoms with Crippen LogP contribution in [0.25, 0.3) is 0 Å². The molecule has 8 nitrogen and oxygen atoms in total. The van der Waals surface area contributed by atoms with Gasteiger partial charge in [0.1, 0.15) is 5.69 Å². The van der Waals surface area contributed by atoms with Crippen molar-refractivity contribution in [1.82, 2.24) is 4.90 Å². The lowest BCUT2D eigenvalue weighted by Gasteiger charge is -2.23. The maximum Gasteiger partial charge on any atom is 0.293 e. The summed E-state index contributed by atoms with van der Waals surface area (Å²) in [6.45, 7) is 3.74. The molecule has 0 radical (unpaired) electrons. The summed E-state index contributed by atoms with van der Waals surface area (Å²) in [7, 11) is 0. The molecule has 0 atom stereocenters. The number of carbonyl (C=O) groups excluding carboxylic acids is 1. The Morgan fingerprint density at radius 1 is 1.14 bits per heavy atom. The van der Waals surface area contributed by atoms with Crippen LogP contribution in [-0.2, 0) is 6.54 Å². The molecule has 2 N–H and O–H groups in total. The zero-order chi connectivity index (χ0) is 20.1. The molecule has 1 heterocycles. The Labute approximate surface area is 162 Å². The molecule has 28 heavy (non-hydrogen) atoms. The van der Waals surface area contributed by atoms with Crippen molar-refractivity contribution in [3.8, 4) is 6.07 Å². The molecule has 0 unspecified atom stereocenters. The number of nitro groups is 1. The van der Waals surface area contributed by atoms with E-state index in [1.54, 1.807) is 6.07 Å². The van der Waals surface area contributed by atoms with E-state index in [-0.39, 0.29) is 11.3 Å². The second kappa shape index (κ2) is 8.50. The molecule has 1 aliphatic rings. The smallest absolute Gasteiger partial charge is 0.293 e. The highest BCUT2D eigenvalue weighted by Gasteiger charge is 2.23. The van der Waals surface area contributed by atoms with Crippen LogP contribution in [0.1, 0.15) is 27.9 Å². The molecule has 0 bridgehead atoms. The predicted molar refractivity (Wildman–Crippen MR) is 105 cm³/mol. The van der Waals surface area contributed by atoms with Gasteiger partial charge in [-0.05, 0) is 36.2 Å². The zero-order valence-electron chi connectivity index (χ0n) is 15.4. The topological polar surface area (TPSA) is 117 Å². The van der Waals surface area contributed by atoms with Crippen LogP contribution in [0.4, 0.5) is 11.4 Å². The molecule has 144 valence electrons. The third kappa shape index (κ3) is 4.45. The molecular formula is C20H21N5O3. The Balaban J connectivity index is 1.72. The Kier molecular flexibility index (Phi) is 5.87. The van der Waals surface area contributed by atoms with E-state index in [1.807, 2.05) is 29.2 Å². The summed E-state index contributed by atoms with van der Waals surface area (Å²) in [5.41, 5.74) is 7.55. The second-order valence-corrected chi connectivity index (χ2v) is 6.75. The summed E-state index contributed by atoms with van der Waals surface area (Å²) in [4.78, 5) is 26.6. The summed E-state index contributed by atoms with van der Waals surface area (Å²) < 4.78 is 0. The van der Waals surface area contributed by atoms with Gasteiger partial charge in [-0.2, -0.15) is 5.26 Å². The summed E-state index contributed by atoms with van der Waals surface area (Å²) in [5, 5.41) is 20.4. The van der Waals surface area contributed by atoms with E-state index in [2.05, 4.69) is 11.0 Å². The van der Waals surface area contributed by atoms with Gasteiger partial charge in [-0.15, -0.1) is 0 Å².